The van der Waals surface area contributed by atoms with Crippen molar-refractivity contribution >= 4 is 34.8 Å². The molecule has 0 radical (unpaired) electrons. The van der Waals surface area contributed by atoms with E-state index in [0.717, 1.165) is 0 Å². The highest BCUT2D eigenvalue weighted by atomic mass is 32.2. The molecule has 0 spiro atoms. The topological polar surface area (TPSA) is 114 Å². The minimum atomic E-state index is -4.29. The molecule has 186 valence electrons. The maximum atomic E-state index is 9.97. The lowest BCUT2D eigenvalue weighted by atomic mass is 10.4. The molecular formula is C20H48O6P2S2. The van der Waals surface area contributed by atoms with Gasteiger partial charge in [0, 0.05) is 26.0 Å². The van der Waals surface area contributed by atoms with Crippen molar-refractivity contribution in [2.75, 3.05) is 60.8 Å². The summed E-state index contributed by atoms with van der Waals surface area (Å²) in [4.78, 5) is 0. The molecule has 10 heteroatoms. The van der Waals surface area contributed by atoms with Gasteiger partial charge < -0.3 is 9.11 Å². The van der Waals surface area contributed by atoms with Crippen LogP contribution < -0.4 is 0 Å². The van der Waals surface area contributed by atoms with Gasteiger partial charge in [-0.2, -0.15) is 0 Å². The first-order valence-corrected chi connectivity index (χ1v) is 19.5. The molecule has 0 fully saturated rings. The van der Waals surface area contributed by atoms with Crippen LogP contribution in [0.1, 0.15) is 68.2 Å². The van der Waals surface area contributed by atoms with Crippen LogP contribution in [0.4, 0.5) is 0 Å². The molecule has 0 aromatic heterocycles. The second kappa shape index (κ2) is 18.1. The molecule has 0 bridgehead atoms. The second-order valence-electron chi connectivity index (χ2n) is 7.44. The Morgan fingerprint density at radius 2 is 0.633 bits per heavy atom. The molecule has 0 unspecified atom stereocenters. The quantitative estimate of drug-likeness (QED) is 0.195. The first-order chi connectivity index (χ1) is 13.7. The highest BCUT2D eigenvalue weighted by Crippen LogP contribution is 2.57. The maximum Gasteiger partial charge on any atom is 0.0945 e. The van der Waals surface area contributed by atoms with E-state index in [-0.39, 0.29) is 12.8 Å². The minimum Gasteiger partial charge on any atom is -0.748 e. The van der Waals surface area contributed by atoms with Crippen molar-refractivity contribution < 1.29 is 25.9 Å². The van der Waals surface area contributed by atoms with Crippen LogP contribution in [0.15, 0.2) is 0 Å². The Labute approximate surface area is 189 Å². The number of unbranched alkanes of at least 4 members (excludes halogenated alkanes) is 1. The van der Waals surface area contributed by atoms with E-state index in [1.165, 1.54) is 49.3 Å². The molecule has 0 amide bonds. The zero-order chi connectivity index (χ0) is 24.5. The Hall–Kier alpha value is 0.680. The summed E-state index contributed by atoms with van der Waals surface area (Å²) in [6.07, 6.45) is 11.5. The average Bonchev–Trinajstić information content (AvgIpc) is 2.70. The van der Waals surface area contributed by atoms with Crippen LogP contribution in [0.5, 0.6) is 0 Å². The highest BCUT2D eigenvalue weighted by molar-refractivity contribution is 7.86. The van der Waals surface area contributed by atoms with Gasteiger partial charge in [0.05, 0.1) is 69.5 Å². The monoisotopic (exact) mass is 510 g/mol. The number of rotatable bonds is 13. The minimum absolute atomic E-state index is 0.0900. The molecule has 0 saturated heterocycles. The molecule has 0 aliphatic heterocycles. The van der Waals surface area contributed by atoms with Gasteiger partial charge in [0.25, 0.3) is 0 Å². The smallest absolute Gasteiger partial charge is 0.0945 e. The van der Waals surface area contributed by atoms with Gasteiger partial charge in [0.2, 0.25) is 0 Å². The Balaban J connectivity index is -0.000000371. The van der Waals surface area contributed by atoms with Crippen LogP contribution in [0.2, 0.25) is 0 Å². The van der Waals surface area contributed by atoms with E-state index in [4.69, 9.17) is 0 Å². The van der Waals surface area contributed by atoms with E-state index in [1.807, 2.05) is 0 Å². The van der Waals surface area contributed by atoms with Crippen LogP contribution in [-0.2, 0) is 20.2 Å². The van der Waals surface area contributed by atoms with E-state index in [2.05, 4.69) is 55.4 Å². The first kappa shape index (κ1) is 35.3. The molecule has 0 aliphatic rings. The summed E-state index contributed by atoms with van der Waals surface area (Å²) in [5.74, 6) is -1.24. The lowest BCUT2D eigenvalue weighted by molar-refractivity contribution is 0.453. The van der Waals surface area contributed by atoms with Gasteiger partial charge in [-0.15, -0.1) is 0 Å². The summed E-state index contributed by atoms with van der Waals surface area (Å²) in [5, 5.41) is 0. The Bertz CT molecular complexity index is 510. The average molecular weight is 511 g/mol. The third kappa shape index (κ3) is 19.4. The summed E-state index contributed by atoms with van der Waals surface area (Å²) in [6.45, 7) is 18.8. The predicted molar refractivity (Wildman–Crippen MR) is 137 cm³/mol. The fourth-order valence-corrected chi connectivity index (χ4v) is 9.72. The highest BCUT2D eigenvalue weighted by Gasteiger charge is 2.28. The lowest BCUT2D eigenvalue weighted by Crippen LogP contribution is -2.08. The standard InChI is InChI=1S/2C8H20P.C4H10O6S2/c2*1-5-9(6-2,7-3)8-4;5-11(6,7)3-1-2-4-12(8,9)10/h2*5-8H2,1-4H3;1-4H2,(H,5,6,7)(H,8,9,10)/q2*+1;/p-2. The summed E-state index contributed by atoms with van der Waals surface area (Å²) in [6, 6.07) is 0. The molecule has 0 N–H and O–H groups in total. The van der Waals surface area contributed by atoms with Crippen LogP contribution in [0.3, 0.4) is 0 Å². The van der Waals surface area contributed by atoms with E-state index in [0.29, 0.717) is 0 Å². The van der Waals surface area contributed by atoms with Crippen LogP contribution in [0.25, 0.3) is 0 Å². The predicted octanol–water partition coefficient (Wildman–Crippen LogP) is 5.02. The fourth-order valence-electron chi connectivity index (χ4n) is 3.24. The van der Waals surface area contributed by atoms with Gasteiger partial charge in [0.15, 0.2) is 0 Å². The molecular weight excluding hydrogens is 462 g/mol. The van der Waals surface area contributed by atoms with Crippen molar-refractivity contribution in [3.8, 4) is 0 Å². The molecule has 6 nitrogen and oxygen atoms in total. The number of hydrogen-bond donors (Lipinski definition) is 0. The molecule has 0 heterocycles. The molecule has 0 saturated carbocycles. The molecule has 0 aromatic rings. The molecule has 0 aliphatic carbocycles. The zero-order valence-corrected chi connectivity index (χ0v) is 24.1. The van der Waals surface area contributed by atoms with Gasteiger partial charge in [-0.25, -0.2) is 16.8 Å². The van der Waals surface area contributed by atoms with Crippen LogP contribution >= 0.6 is 14.5 Å². The fraction of sp³-hybridized carbons (Fsp3) is 1.00. The van der Waals surface area contributed by atoms with Crippen molar-refractivity contribution in [3.63, 3.8) is 0 Å². The SMILES string of the molecule is CC[P+](CC)(CC)CC.CC[P+](CC)(CC)CC.O=S(=O)([O-])CCCCS(=O)(=O)[O-]. The lowest BCUT2D eigenvalue weighted by Gasteiger charge is -2.20. The van der Waals surface area contributed by atoms with Crippen molar-refractivity contribution in [3.05, 3.63) is 0 Å². The van der Waals surface area contributed by atoms with Crippen molar-refractivity contribution in [2.45, 2.75) is 68.2 Å². The van der Waals surface area contributed by atoms with E-state index >= 15 is 0 Å². The van der Waals surface area contributed by atoms with Gasteiger partial charge >= 0.3 is 0 Å². The Morgan fingerprint density at radius 1 is 0.467 bits per heavy atom. The molecule has 0 aromatic carbocycles. The molecule has 30 heavy (non-hydrogen) atoms. The van der Waals surface area contributed by atoms with Crippen LogP contribution in [0, 0.1) is 0 Å². The van der Waals surface area contributed by atoms with Crippen LogP contribution in [-0.4, -0.2) is 86.7 Å². The molecule has 0 atom stereocenters. The van der Waals surface area contributed by atoms with Gasteiger partial charge in [-0.3, -0.25) is 0 Å². The summed E-state index contributed by atoms with van der Waals surface area (Å²) >= 11 is 0. The van der Waals surface area contributed by atoms with Gasteiger partial charge in [-0.05, 0) is 68.2 Å². The Kier molecular flexibility index (Phi) is 21.3. The summed E-state index contributed by atoms with van der Waals surface area (Å²) in [5.41, 5.74) is 0. The van der Waals surface area contributed by atoms with E-state index in [9.17, 15) is 25.9 Å². The van der Waals surface area contributed by atoms with Crippen molar-refractivity contribution in [1.82, 2.24) is 0 Å². The maximum absolute atomic E-state index is 9.97. The summed E-state index contributed by atoms with van der Waals surface area (Å²) in [7, 11) is -9.42. The van der Waals surface area contributed by atoms with E-state index < -0.39 is 46.3 Å². The number of hydrogen-bond acceptors (Lipinski definition) is 6. The van der Waals surface area contributed by atoms with Gasteiger partial charge in [0.1, 0.15) is 0 Å². The third-order valence-corrected chi connectivity index (χ3v) is 18.7. The van der Waals surface area contributed by atoms with Crippen molar-refractivity contribution in [2.24, 2.45) is 0 Å². The Morgan fingerprint density at radius 3 is 0.700 bits per heavy atom. The van der Waals surface area contributed by atoms with E-state index in [1.54, 1.807) is 0 Å². The summed E-state index contributed by atoms with van der Waals surface area (Å²) < 4.78 is 59.8. The first-order valence-electron chi connectivity index (χ1n) is 11.3. The van der Waals surface area contributed by atoms with Crippen molar-refractivity contribution in [1.29, 1.82) is 0 Å². The normalized spacial score (nSPS) is 12.5. The largest absolute Gasteiger partial charge is 0.748 e. The molecule has 0 rings (SSSR count). The second-order valence-corrected chi connectivity index (χ2v) is 20.9. The third-order valence-electron chi connectivity index (χ3n) is 6.41. The zero-order valence-electron chi connectivity index (χ0n) is 20.6. The van der Waals surface area contributed by atoms with Gasteiger partial charge in [-0.1, -0.05) is 0 Å².